The van der Waals surface area contributed by atoms with Crippen LogP contribution < -0.4 is 0 Å². The van der Waals surface area contributed by atoms with Crippen LogP contribution in [-0.4, -0.2) is 34.6 Å². The fourth-order valence-electron chi connectivity index (χ4n) is 2.10. The zero-order chi connectivity index (χ0) is 14.2. The lowest BCUT2D eigenvalue weighted by Gasteiger charge is -1.98. The van der Waals surface area contributed by atoms with Gasteiger partial charge in [-0.3, -0.25) is 4.98 Å². The van der Waals surface area contributed by atoms with Crippen molar-refractivity contribution >= 4 is 10.9 Å². The molecule has 0 aliphatic rings. The summed E-state index contributed by atoms with van der Waals surface area (Å²) in [5.41, 5.74) is 1.66. The number of hydrogen-bond acceptors (Lipinski definition) is 5. The Morgan fingerprint density at radius 2 is 2.00 bits per heavy atom. The summed E-state index contributed by atoms with van der Waals surface area (Å²) >= 11 is 0. The lowest BCUT2D eigenvalue weighted by atomic mass is 10.3. The molecule has 0 radical (unpaired) electrons. The molecule has 0 saturated heterocycles. The molecule has 0 saturated carbocycles. The molecule has 0 amide bonds. The van der Waals surface area contributed by atoms with E-state index in [0.29, 0.717) is 5.82 Å². The van der Waals surface area contributed by atoms with Crippen LogP contribution in [0.25, 0.3) is 22.4 Å². The fourth-order valence-corrected chi connectivity index (χ4v) is 2.10. The summed E-state index contributed by atoms with van der Waals surface area (Å²) < 4.78 is 3.26. The lowest BCUT2D eigenvalue weighted by Crippen LogP contribution is -1.96. The van der Waals surface area contributed by atoms with Crippen molar-refractivity contribution in [2.24, 2.45) is 0 Å². The van der Waals surface area contributed by atoms with Gasteiger partial charge in [0.25, 0.3) is 0 Å². The molecule has 21 heavy (non-hydrogen) atoms. The Morgan fingerprint density at radius 1 is 1.05 bits per heavy atom. The maximum atomic E-state index is 9.35. The topological polar surface area (TPSA) is 81.7 Å². The Kier molecular flexibility index (Phi) is 2.43. The molecule has 102 valence electrons. The predicted octanol–water partition coefficient (Wildman–Crippen LogP) is 1.71. The average molecular weight is 278 g/mol. The van der Waals surface area contributed by atoms with Crippen molar-refractivity contribution in [2.75, 3.05) is 0 Å². The maximum absolute atomic E-state index is 9.35. The van der Waals surface area contributed by atoms with E-state index in [1.165, 1.54) is 17.1 Å². The minimum atomic E-state index is 0.1000. The standard InChI is InChI=1S/C14H10N6O/c21-12-6-17-20(9-12)14-4-10-8-19(18-13(10)7-16-14)11-2-1-3-15-5-11/h1-9,21H. The normalized spacial score (nSPS) is 11.0. The van der Waals surface area contributed by atoms with Crippen molar-refractivity contribution in [1.29, 1.82) is 0 Å². The molecule has 0 aromatic carbocycles. The van der Waals surface area contributed by atoms with E-state index in [0.717, 1.165) is 16.6 Å². The predicted molar refractivity (Wildman–Crippen MR) is 75.4 cm³/mol. The van der Waals surface area contributed by atoms with Gasteiger partial charge in [0, 0.05) is 17.8 Å². The molecule has 7 heteroatoms. The van der Waals surface area contributed by atoms with Gasteiger partial charge in [-0.25, -0.2) is 14.3 Å². The molecule has 0 bridgehead atoms. The molecule has 4 aromatic rings. The Bertz CT molecular complexity index is 912. The number of hydrogen-bond donors (Lipinski definition) is 1. The highest BCUT2D eigenvalue weighted by Crippen LogP contribution is 2.18. The van der Waals surface area contributed by atoms with Gasteiger partial charge < -0.3 is 5.11 Å². The molecule has 0 aliphatic carbocycles. The van der Waals surface area contributed by atoms with Crippen LogP contribution in [0, 0.1) is 0 Å². The van der Waals surface area contributed by atoms with Gasteiger partial charge >= 0.3 is 0 Å². The van der Waals surface area contributed by atoms with Crippen LogP contribution in [0.5, 0.6) is 5.75 Å². The first-order valence-electron chi connectivity index (χ1n) is 6.29. The Labute approximate surface area is 119 Å². The van der Waals surface area contributed by atoms with Gasteiger partial charge in [0.15, 0.2) is 11.6 Å². The molecule has 7 nitrogen and oxygen atoms in total. The zero-order valence-electron chi connectivity index (χ0n) is 10.8. The molecule has 0 fully saturated rings. The smallest absolute Gasteiger partial charge is 0.154 e. The first-order chi connectivity index (χ1) is 10.3. The van der Waals surface area contributed by atoms with E-state index in [4.69, 9.17) is 0 Å². The van der Waals surface area contributed by atoms with Crippen molar-refractivity contribution in [3.63, 3.8) is 0 Å². The number of aromatic nitrogens is 6. The first-order valence-corrected chi connectivity index (χ1v) is 6.29. The summed E-state index contributed by atoms with van der Waals surface area (Å²) in [5.74, 6) is 0.719. The fraction of sp³-hybridized carbons (Fsp3) is 0. The van der Waals surface area contributed by atoms with E-state index < -0.39 is 0 Å². The van der Waals surface area contributed by atoms with Gasteiger partial charge in [-0.2, -0.15) is 10.2 Å². The Hall–Kier alpha value is -3.22. The third-order valence-electron chi connectivity index (χ3n) is 3.09. The molecule has 1 N–H and O–H groups in total. The van der Waals surface area contributed by atoms with Crippen molar-refractivity contribution in [1.82, 2.24) is 29.5 Å². The highest BCUT2D eigenvalue weighted by molar-refractivity contribution is 5.79. The lowest BCUT2D eigenvalue weighted by molar-refractivity contribution is 0.475. The molecular weight excluding hydrogens is 268 g/mol. The summed E-state index contributed by atoms with van der Waals surface area (Å²) in [6, 6.07) is 5.65. The van der Waals surface area contributed by atoms with E-state index in [2.05, 4.69) is 20.2 Å². The van der Waals surface area contributed by atoms with Crippen LogP contribution in [0.4, 0.5) is 0 Å². The number of rotatable bonds is 2. The monoisotopic (exact) mass is 278 g/mol. The van der Waals surface area contributed by atoms with Crippen LogP contribution in [0.2, 0.25) is 0 Å². The second kappa shape index (κ2) is 4.41. The molecule has 4 heterocycles. The number of nitrogens with zero attached hydrogens (tertiary/aromatic N) is 6. The van der Waals surface area contributed by atoms with Gasteiger partial charge in [-0.1, -0.05) is 0 Å². The molecular formula is C14H10N6O. The highest BCUT2D eigenvalue weighted by atomic mass is 16.3. The van der Waals surface area contributed by atoms with Crippen LogP contribution in [0.3, 0.4) is 0 Å². The van der Waals surface area contributed by atoms with Crippen molar-refractivity contribution < 1.29 is 5.11 Å². The summed E-state index contributed by atoms with van der Waals surface area (Å²) in [4.78, 5) is 8.38. The molecule has 4 aromatic heterocycles. The summed E-state index contributed by atoms with van der Waals surface area (Å²) in [7, 11) is 0. The van der Waals surface area contributed by atoms with Gasteiger partial charge in [0.1, 0.15) is 5.52 Å². The quantitative estimate of drug-likeness (QED) is 0.603. The molecule has 0 atom stereocenters. The summed E-state index contributed by atoms with van der Waals surface area (Å²) in [5, 5.41) is 18.8. The van der Waals surface area contributed by atoms with Crippen molar-refractivity contribution in [2.45, 2.75) is 0 Å². The second-order valence-corrected chi connectivity index (χ2v) is 4.53. The van der Waals surface area contributed by atoms with Crippen LogP contribution >= 0.6 is 0 Å². The zero-order valence-corrected chi connectivity index (χ0v) is 10.8. The summed E-state index contributed by atoms with van der Waals surface area (Å²) in [6.45, 7) is 0. The minimum absolute atomic E-state index is 0.1000. The number of pyridine rings is 2. The van der Waals surface area contributed by atoms with Gasteiger partial charge in [0.05, 0.1) is 30.5 Å². The van der Waals surface area contributed by atoms with Crippen molar-refractivity contribution in [3.05, 3.63) is 55.4 Å². The van der Waals surface area contributed by atoms with E-state index in [9.17, 15) is 5.11 Å². The largest absolute Gasteiger partial charge is 0.505 e. The van der Waals surface area contributed by atoms with Crippen LogP contribution in [0.15, 0.2) is 55.4 Å². The van der Waals surface area contributed by atoms with E-state index in [1.54, 1.807) is 23.3 Å². The maximum Gasteiger partial charge on any atom is 0.154 e. The van der Waals surface area contributed by atoms with E-state index in [-0.39, 0.29) is 5.75 Å². The van der Waals surface area contributed by atoms with E-state index >= 15 is 0 Å². The Morgan fingerprint density at radius 3 is 2.76 bits per heavy atom. The van der Waals surface area contributed by atoms with Crippen LogP contribution in [-0.2, 0) is 0 Å². The number of fused-ring (bicyclic) bond motifs is 1. The van der Waals surface area contributed by atoms with E-state index in [1.807, 2.05) is 24.4 Å². The molecule has 4 rings (SSSR count). The first kappa shape index (κ1) is 11.6. The molecule has 0 spiro atoms. The molecule has 0 aliphatic heterocycles. The van der Waals surface area contributed by atoms with Gasteiger partial charge in [0.2, 0.25) is 0 Å². The van der Waals surface area contributed by atoms with Crippen molar-refractivity contribution in [3.8, 4) is 17.3 Å². The van der Waals surface area contributed by atoms with Gasteiger partial charge in [-0.05, 0) is 18.2 Å². The van der Waals surface area contributed by atoms with Gasteiger partial charge in [-0.15, -0.1) is 0 Å². The third-order valence-corrected chi connectivity index (χ3v) is 3.09. The average Bonchev–Trinajstić information content (AvgIpc) is 3.13. The molecule has 0 unspecified atom stereocenters. The third kappa shape index (κ3) is 2.00. The minimum Gasteiger partial charge on any atom is -0.505 e. The number of aromatic hydroxyl groups is 1. The second-order valence-electron chi connectivity index (χ2n) is 4.53. The Balaban J connectivity index is 1.82. The van der Waals surface area contributed by atoms with Crippen LogP contribution in [0.1, 0.15) is 0 Å². The SMILES string of the molecule is Oc1cnn(-c2cc3cn(-c4cccnc4)nc3cn2)c1. The highest BCUT2D eigenvalue weighted by Gasteiger charge is 2.07. The summed E-state index contributed by atoms with van der Waals surface area (Å²) in [6.07, 6.45) is 9.91.